The summed E-state index contributed by atoms with van der Waals surface area (Å²) in [6.07, 6.45) is 2.37. The van der Waals surface area contributed by atoms with Crippen LogP contribution in [0.1, 0.15) is 16.7 Å². The molecule has 0 spiro atoms. The van der Waals surface area contributed by atoms with Crippen LogP contribution >= 0.6 is 15.9 Å². The van der Waals surface area contributed by atoms with Gasteiger partial charge in [-0.15, -0.1) is 0 Å². The van der Waals surface area contributed by atoms with Crippen molar-refractivity contribution >= 4 is 27.5 Å². The quantitative estimate of drug-likeness (QED) is 0.823. The lowest BCUT2D eigenvalue weighted by atomic mass is 9.95. The van der Waals surface area contributed by atoms with Crippen molar-refractivity contribution in [3.05, 3.63) is 57.8 Å². The van der Waals surface area contributed by atoms with E-state index in [0.29, 0.717) is 6.42 Å². The Bertz CT molecular complexity index is 687. The van der Waals surface area contributed by atoms with Crippen LogP contribution in [0.25, 0.3) is 0 Å². The molecule has 1 aliphatic heterocycles. The molecule has 2 heterocycles. The van der Waals surface area contributed by atoms with Crippen molar-refractivity contribution in [3.63, 3.8) is 0 Å². The molecule has 21 heavy (non-hydrogen) atoms. The third kappa shape index (κ3) is 3.14. The molecule has 1 atom stereocenters. The predicted molar refractivity (Wildman–Crippen MR) is 86.1 cm³/mol. The van der Waals surface area contributed by atoms with E-state index in [4.69, 9.17) is 0 Å². The average Bonchev–Trinajstić information content (AvgIpc) is 2.50. The molecule has 1 amide bonds. The Hall–Kier alpha value is -1.72. The summed E-state index contributed by atoms with van der Waals surface area (Å²) in [7, 11) is 0. The third-order valence-electron chi connectivity index (χ3n) is 3.68. The van der Waals surface area contributed by atoms with Gasteiger partial charge in [0.2, 0.25) is 5.91 Å². The molecule has 5 heteroatoms. The van der Waals surface area contributed by atoms with Crippen molar-refractivity contribution in [2.45, 2.75) is 25.9 Å². The van der Waals surface area contributed by atoms with Crippen molar-refractivity contribution in [2.75, 3.05) is 5.32 Å². The maximum atomic E-state index is 12.4. The molecule has 2 aromatic rings. The van der Waals surface area contributed by atoms with E-state index in [1.54, 1.807) is 6.20 Å². The first-order valence-corrected chi connectivity index (χ1v) is 7.66. The minimum absolute atomic E-state index is 0.0203. The number of aryl methyl sites for hydroxylation is 1. The largest absolute Gasteiger partial charge is 0.323 e. The molecule has 3 rings (SSSR count). The number of amides is 1. The zero-order valence-electron chi connectivity index (χ0n) is 11.7. The van der Waals surface area contributed by atoms with Gasteiger partial charge in [0.25, 0.3) is 0 Å². The first-order valence-electron chi connectivity index (χ1n) is 6.86. The van der Waals surface area contributed by atoms with Gasteiger partial charge in [-0.1, -0.05) is 24.3 Å². The lowest BCUT2D eigenvalue weighted by Gasteiger charge is -2.25. The molecule has 0 radical (unpaired) electrons. The Balaban J connectivity index is 1.70. The summed E-state index contributed by atoms with van der Waals surface area (Å²) in [5.74, 6) is -0.0203. The minimum atomic E-state index is -0.205. The number of aromatic nitrogens is 1. The maximum Gasteiger partial charge on any atom is 0.241 e. The number of benzene rings is 1. The highest BCUT2D eigenvalue weighted by Crippen LogP contribution is 2.19. The summed E-state index contributed by atoms with van der Waals surface area (Å²) < 4.78 is 0.796. The van der Waals surface area contributed by atoms with Gasteiger partial charge < -0.3 is 10.6 Å². The second-order valence-electron chi connectivity index (χ2n) is 5.23. The number of anilines is 1. The van der Waals surface area contributed by atoms with E-state index in [9.17, 15) is 4.79 Å². The topological polar surface area (TPSA) is 54.0 Å². The van der Waals surface area contributed by atoms with Crippen LogP contribution in [-0.2, 0) is 17.8 Å². The monoisotopic (exact) mass is 345 g/mol. The normalized spacial score (nSPS) is 17.1. The number of nitrogens with one attached hydrogen (secondary N) is 2. The van der Waals surface area contributed by atoms with E-state index >= 15 is 0 Å². The summed E-state index contributed by atoms with van der Waals surface area (Å²) in [6.45, 7) is 2.67. The minimum Gasteiger partial charge on any atom is -0.323 e. The molecule has 4 nitrogen and oxygen atoms in total. The van der Waals surface area contributed by atoms with Gasteiger partial charge >= 0.3 is 0 Å². The van der Waals surface area contributed by atoms with Gasteiger partial charge in [0.05, 0.1) is 17.9 Å². The molecule has 1 aromatic heterocycles. The molecular formula is C16H16BrN3O. The van der Waals surface area contributed by atoms with Crippen LogP contribution in [0.15, 0.2) is 41.1 Å². The van der Waals surface area contributed by atoms with Crippen LogP contribution in [0.5, 0.6) is 0 Å². The van der Waals surface area contributed by atoms with Crippen molar-refractivity contribution < 1.29 is 4.79 Å². The zero-order chi connectivity index (χ0) is 14.8. The van der Waals surface area contributed by atoms with Crippen molar-refractivity contribution in [1.29, 1.82) is 0 Å². The van der Waals surface area contributed by atoms with Crippen LogP contribution < -0.4 is 10.6 Å². The summed E-state index contributed by atoms with van der Waals surface area (Å²) in [4.78, 5) is 16.6. The molecule has 0 saturated heterocycles. The summed E-state index contributed by atoms with van der Waals surface area (Å²) in [5.41, 5.74) is 4.22. The fraction of sp³-hybridized carbons (Fsp3) is 0.250. The Morgan fingerprint density at radius 1 is 1.38 bits per heavy atom. The smallest absolute Gasteiger partial charge is 0.241 e. The number of pyridine rings is 1. The first kappa shape index (κ1) is 14.2. The molecule has 0 saturated carbocycles. The number of halogens is 1. The number of nitrogens with zero attached hydrogens (tertiary/aromatic N) is 1. The van der Waals surface area contributed by atoms with Crippen molar-refractivity contribution in [2.24, 2.45) is 0 Å². The Kier molecular flexibility index (Phi) is 4.03. The van der Waals surface area contributed by atoms with Gasteiger partial charge in [-0.2, -0.15) is 0 Å². The van der Waals surface area contributed by atoms with Gasteiger partial charge in [0.15, 0.2) is 0 Å². The Morgan fingerprint density at radius 2 is 2.14 bits per heavy atom. The average molecular weight is 346 g/mol. The van der Waals surface area contributed by atoms with Gasteiger partial charge in [-0.3, -0.25) is 4.79 Å². The lowest BCUT2D eigenvalue weighted by molar-refractivity contribution is -0.118. The van der Waals surface area contributed by atoms with Crippen LogP contribution in [0, 0.1) is 6.92 Å². The van der Waals surface area contributed by atoms with Gasteiger partial charge in [-0.25, -0.2) is 4.98 Å². The molecule has 0 bridgehead atoms. The molecule has 108 valence electrons. The van der Waals surface area contributed by atoms with Crippen LogP contribution in [0.4, 0.5) is 5.69 Å². The highest BCUT2D eigenvalue weighted by atomic mass is 79.9. The van der Waals surface area contributed by atoms with Crippen molar-refractivity contribution in [1.82, 2.24) is 10.3 Å². The van der Waals surface area contributed by atoms with E-state index in [2.05, 4.69) is 43.7 Å². The molecule has 0 unspecified atom stereocenters. The van der Waals surface area contributed by atoms with E-state index in [1.807, 2.05) is 25.1 Å². The fourth-order valence-corrected chi connectivity index (χ4v) is 2.71. The lowest BCUT2D eigenvalue weighted by Crippen LogP contribution is -2.44. The highest BCUT2D eigenvalue weighted by Gasteiger charge is 2.23. The summed E-state index contributed by atoms with van der Waals surface area (Å²) in [6, 6.07) is 9.92. The number of rotatable bonds is 2. The molecule has 2 N–H and O–H groups in total. The molecule has 0 fully saturated rings. The van der Waals surface area contributed by atoms with E-state index in [1.165, 1.54) is 11.1 Å². The number of hydrogen-bond donors (Lipinski definition) is 2. The standard InChI is InChI=1S/C16H16BrN3O/c1-10-6-13(9-19-15(10)17)20-16(21)14-7-11-4-2-3-5-12(11)8-18-14/h2-6,9,14,18H,7-8H2,1H3,(H,20,21)/t14-/m1/s1. The van der Waals surface area contributed by atoms with Crippen molar-refractivity contribution in [3.8, 4) is 0 Å². The Morgan fingerprint density at radius 3 is 2.90 bits per heavy atom. The van der Waals surface area contributed by atoms with E-state index < -0.39 is 0 Å². The highest BCUT2D eigenvalue weighted by molar-refractivity contribution is 9.10. The number of hydrogen-bond acceptors (Lipinski definition) is 3. The molecular weight excluding hydrogens is 330 g/mol. The zero-order valence-corrected chi connectivity index (χ0v) is 13.3. The molecule has 1 aliphatic rings. The maximum absolute atomic E-state index is 12.4. The van der Waals surface area contributed by atoms with Crippen LogP contribution in [0.3, 0.4) is 0 Å². The van der Waals surface area contributed by atoms with E-state index in [-0.39, 0.29) is 11.9 Å². The van der Waals surface area contributed by atoms with Crippen LogP contribution in [-0.4, -0.2) is 16.9 Å². The summed E-state index contributed by atoms with van der Waals surface area (Å²) >= 11 is 3.35. The second-order valence-corrected chi connectivity index (χ2v) is 5.98. The predicted octanol–water partition coefficient (Wildman–Crippen LogP) is 2.81. The number of carbonyl (C=O) groups excluding carboxylic acids is 1. The summed E-state index contributed by atoms with van der Waals surface area (Å²) in [5, 5.41) is 6.21. The number of fused-ring (bicyclic) bond motifs is 1. The Labute approximate surface area is 132 Å². The van der Waals surface area contributed by atoms with Gasteiger partial charge in [-0.05, 0) is 52.0 Å². The number of carbonyl (C=O) groups is 1. The first-order chi connectivity index (χ1) is 10.1. The van der Waals surface area contributed by atoms with Gasteiger partial charge in [0.1, 0.15) is 4.60 Å². The van der Waals surface area contributed by atoms with Crippen LogP contribution in [0.2, 0.25) is 0 Å². The van der Waals surface area contributed by atoms with E-state index in [0.717, 1.165) is 22.4 Å². The van der Waals surface area contributed by atoms with Gasteiger partial charge in [0, 0.05) is 6.54 Å². The fourth-order valence-electron chi connectivity index (χ4n) is 2.50. The molecule has 0 aliphatic carbocycles. The SMILES string of the molecule is Cc1cc(NC(=O)[C@H]2Cc3ccccc3CN2)cnc1Br. The third-order valence-corrected chi connectivity index (χ3v) is 4.51. The second kappa shape index (κ2) is 5.95. The molecule has 1 aromatic carbocycles.